The highest BCUT2D eigenvalue weighted by Crippen LogP contribution is 2.21. The second-order valence-electron chi connectivity index (χ2n) is 5.79. The van der Waals surface area contributed by atoms with Crippen LogP contribution in [0, 0.1) is 6.92 Å². The van der Waals surface area contributed by atoms with E-state index in [-0.39, 0.29) is 24.8 Å². The lowest BCUT2D eigenvalue weighted by Gasteiger charge is -2.11. The zero-order valence-electron chi connectivity index (χ0n) is 15.0. The minimum atomic E-state index is -0.583. The molecule has 0 aliphatic carbocycles. The number of Topliss-reactive ketones (excluding diaryl/α,β-unsaturated/α-hetero) is 1. The fourth-order valence-electron chi connectivity index (χ4n) is 2.28. The van der Waals surface area contributed by atoms with Gasteiger partial charge in [0.2, 0.25) is 0 Å². The van der Waals surface area contributed by atoms with Crippen LogP contribution in [0.25, 0.3) is 0 Å². The Morgan fingerprint density at radius 3 is 2.27 bits per heavy atom. The van der Waals surface area contributed by atoms with Crippen LogP contribution >= 0.6 is 0 Å². The summed E-state index contributed by atoms with van der Waals surface area (Å²) in [6.45, 7) is 3.08. The average Bonchev–Trinajstić information content (AvgIpc) is 2.64. The van der Waals surface area contributed by atoms with Crippen molar-refractivity contribution in [2.45, 2.75) is 20.5 Å². The van der Waals surface area contributed by atoms with Gasteiger partial charge in [0.05, 0.1) is 7.11 Å². The van der Waals surface area contributed by atoms with E-state index in [1.54, 1.807) is 30.3 Å². The minimum Gasteiger partial charge on any atom is -0.496 e. The maximum absolute atomic E-state index is 12.0. The van der Waals surface area contributed by atoms with Crippen LogP contribution in [0.15, 0.2) is 42.5 Å². The zero-order chi connectivity index (χ0) is 19.1. The Morgan fingerprint density at radius 2 is 1.65 bits per heavy atom. The first-order valence-electron chi connectivity index (χ1n) is 8.09. The Morgan fingerprint density at radius 1 is 1.00 bits per heavy atom. The summed E-state index contributed by atoms with van der Waals surface area (Å²) in [7, 11) is 1.50. The van der Waals surface area contributed by atoms with E-state index in [4.69, 9.17) is 9.47 Å². The van der Waals surface area contributed by atoms with E-state index in [2.05, 4.69) is 5.32 Å². The number of methoxy groups -OCH3 is 1. The Bertz CT molecular complexity index is 811. The molecule has 0 radical (unpaired) electrons. The predicted molar refractivity (Wildman–Crippen MR) is 96.3 cm³/mol. The number of nitrogens with one attached hydrogen (secondary N) is 1. The molecule has 6 heteroatoms. The number of hydrogen-bond acceptors (Lipinski definition) is 5. The topological polar surface area (TPSA) is 81.7 Å². The molecule has 2 aromatic carbocycles. The number of hydrogen-bond donors (Lipinski definition) is 1. The number of ketones is 1. The molecule has 0 aromatic heterocycles. The molecule has 1 amide bonds. The normalized spacial score (nSPS) is 10.1. The van der Waals surface area contributed by atoms with Crippen molar-refractivity contribution in [2.24, 2.45) is 0 Å². The van der Waals surface area contributed by atoms with Crippen LogP contribution in [0.5, 0.6) is 5.75 Å². The van der Waals surface area contributed by atoms with Crippen LogP contribution in [0.1, 0.15) is 38.8 Å². The van der Waals surface area contributed by atoms with Gasteiger partial charge in [-0.25, -0.2) is 0 Å². The third-order valence-electron chi connectivity index (χ3n) is 3.78. The van der Waals surface area contributed by atoms with Crippen molar-refractivity contribution in [2.75, 3.05) is 13.7 Å². The van der Waals surface area contributed by atoms with Crippen LogP contribution in [-0.4, -0.2) is 31.3 Å². The van der Waals surface area contributed by atoms with Crippen LogP contribution < -0.4 is 10.1 Å². The SMILES string of the molecule is COc1ccc(C(C)=O)cc1COC(=O)CNC(=O)c1ccc(C)cc1. The van der Waals surface area contributed by atoms with Crippen LogP contribution in [0.3, 0.4) is 0 Å². The van der Waals surface area contributed by atoms with Gasteiger partial charge in [-0.1, -0.05) is 17.7 Å². The van der Waals surface area contributed by atoms with E-state index >= 15 is 0 Å². The molecule has 0 aliphatic heterocycles. The summed E-state index contributed by atoms with van der Waals surface area (Å²) >= 11 is 0. The highest BCUT2D eigenvalue weighted by molar-refractivity contribution is 5.96. The van der Waals surface area contributed by atoms with Gasteiger partial charge in [0.25, 0.3) is 5.91 Å². The van der Waals surface area contributed by atoms with Crippen molar-refractivity contribution in [3.05, 3.63) is 64.7 Å². The van der Waals surface area contributed by atoms with Gasteiger partial charge in [0, 0.05) is 16.7 Å². The zero-order valence-corrected chi connectivity index (χ0v) is 15.0. The summed E-state index contributed by atoms with van der Waals surface area (Å²) in [5.41, 5.74) is 2.60. The van der Waals surface area contributed by atoms with Gasteiger partial charge in [-0.2, -0.15) is 0 Å². The summed E-state index contributed by atoms with van der Waals surface area (Å²) in [4.78, 5) is 35.3. The second-order valence-corrected chi connectivity index (χ2v) is 5.79. The number of rotatable bonds is 7. The van der Waals surface area contributed by atoms with E-state index in [1.807, 2.05) is 19.1 Å². The van der Waals surface area contributed by atoms with Crippen LogP contribution in [0.4, 0.5) is 0 Å². The highest BCUT2D eigenvalue weighted by atomic mass is 16.5. The van der Waals surface area contributed by atoms with Gasteiger partial charge in [-0.05, 0) is 44.2 Å². The van der Waals surface area contributed by atoms with Gasteiger partial charge < -0.3 is 14.8 Å². The van der Waals surface area contributed by atoms with Gasteiger partial charge in [0.15, 0.2) is 5.78 Å². The third kappa shape index (κ3) is 5.17. The molecule has 0 unspecified atom stereocenters. The average molecular weight is 355 g/mol. The maximum atomic E-state index is 12.0. The van der Waals surface area contributed by atoms with Crippen molar-refractivity contribution in [3.63, 3.8) is 0 Å². The lowest BCUT2D eigenvalue weighted by atomic mass is 10.1. The number of ether oxygens (including phenoxy) is 2. The monoisotopic (exact) mass is 355 g/mol. The Labute approximate surface area is 152 Å². The molecule has 0 atom stereocenters. The van der Waals surface area contributed by atoms with E-state index in [0.717, 1.165) is 5.56 Å². The number of benzene rings is 2. The predicted octanol–water partition coefficient (Wildman–Crippen LogP) is 2.68. The van der Waals surface area contributed by atoms with E-state index < -0.39 is 5.97 Å². The van der Waals surface area contributed by atoms with Crippen molar-refractivity contribution in [3.8, 4) is 5.75 Å². The molecule has 0 heterocycles. The standard InChI is InChI=1S/C20H21NO5/c1-13-4-6-15(7-5-13)20(24)21-11-19(23)26-12-17-10-16(14(2)22)8-9-18(17)25-3/h4-10H,11-12H2,1-3H3,(H,21,24). The summed E-state index contributed by atoms with van der Waals surface area (Å²) in [5.74, 6) is -0.504. The molecule has 0 fully saturated rings. The van der Waals surface area contributed by atoms with E-state index in [1.165, 1.54) is 14.0 Å². The summed E-state index contributed by atoms with van der Waals surface area (Å²) in [6.07, 6.45) is 0. The number of amides is 1. The first-order valence-corrected chi connectivity index (χ1v) is 8.09. The molecule has 0 aliphatic rings. The summed E-state index contributed by atoms with van der Waals surface area (Å²) < 4.78 is 10.4. The Kier molecular flexibility index (Phi) is 6.49. The first kappa shape index (κ1) is 19.2. The molecule has 2 aromatic rings. The van der Waals surface area contributed by atoms with E-state index in [0.29, 0.717) is 22.4 Å². The van der Waals surface area contributed by atoms with Crippen LogP contribution in [-0.2, 0) is 16.1 Å². The number of esters is 1. The fraction of sp³-hybridized carbons (Fsp3) is 0.250. The molecule has 6 nitrogen and oxygen atoms in total. The summed E-state index contributed by atoms with van der Waals surface area (Å²) in [5, 5.41) is 2.51. The van der Waals surface area contributed by atoms with Crippen molar-refractivity contribution >= 4 is 17.7 Å². The molecule has 136 valence electrons. The van der Waals surface area contributed by atoms with Gasteiger partial charge >= 0.3 is 5.97 Å². The molecular formula is C20H21NO5. The highest BCUT2D eigenvalue weighted by Gasteiger charge is 2.12. The summed E-state index contributed by atoms with van der Waals surface area (Å²) in [6, 6.07) is 11.9. The van der Waals surface area contributed by atoms with Gasteiger partial charge in [0.1, 0.15) is 18.9 Å². The Balaban J connectivity index is 1.90. The minimum absolute atomic E-state index is 0.0521. The molecule has 26 heavy (non-hydrogen) atoms. The second kappa shape index (κ2) is 8.80. The fourth-order valence-corrected chi connectivity index (χ4v) is 2.28. The first-order chi connectivity index (χ1) is 12.4. The third-order valence-corrected chi connectivity index (χ3v) is 3.78. The lowest BCUT2D eigenvalue weighted by molar-refractivity contribution is -0.143. The number of carbonyl (C=O) groups excluding carboxylic acids is 3. The van der Waals surface area contributed by atoms with Gasteiger partial charge in [-0.15, -0.1) is 0 Å². The number of carbonyl (C=O) groups is 3. The lowest BCUT2D eigenvalue weighted by Crippen LogP contribution is -2.30. The molecule has 0 saturated heterocycles. The Hall–Kier alpha value is -3.15. The van der Waals surface area contributed by atoms with Crippen molar-refractivity contribution in [1.82, 2.24) is 5.32 Å². The molecule has 2 rings (SSSR count). The molecule has 1 N–H and O–H groups in total. The number of aryl methyl sites for hydroxylation is 1. The molecule has 0 spiro atoms. The maximum Gasteiger partial charge on any atom is 0.325 e. The largest absolute Gasteiger partial charge is 0.496 e. The van der Waals surface area contributed by atoms with Gasteiger partial charge in [-0.3, -0.25) is 14.4 Å². The quantitative estimate of drug-likeness (QED) is 0.610. The smallest absolute Gasteiger partial charge is 0.325 e. The van der Waals surface area contributed by atoms with Crippen molar-refractivity contribution < 1.29 is 23.9 Å². The van der Waals surface area contributed by atoms with E-state index in [9.17, 15) is 14.4 Å². The molecule has 0 bridgehead atoms. The van der Waals surface area contributed by atoms with Crippen molar-refractivity contribution in [1.29, 1.82) is 0 Å². The molecular weight excluding hydrogens is 334 g/mol. The molecule has 0 saturated carbocycles. The van der Waals surface area contributed by atoms with Crippen LogP contribution in [0.2, 0.25) is 0 Å².